The SMILES string of the molecule is c1ccc(-c2cccc(-c3cc(-c4ccc(-c5c6ccccc6n6c5sc5ccccc56)cc4)nc(-c4cccc(-c5ccccc5)c4)n3)c2)cc1. The molecule has 3 aromatic heterocycles. The van der Waals surface area contributed by atoms with Gasteiger partial charge < -0.3 is 0 Å². The minimum absolute atomic E-state index is 0.699. The Hall–Kier alpha value is -6.62. The fourth-order valence-electron chi connectivity index (χ4n) is 7.30. The first-order valence-corrected chi connectivity index (χ1v) is 18.3. The Labute approximate surface area is 305 Å². The van der Waals surface area contributed by atoms with E-state index < -0.39 is 0 Å². The van der Waals surface area contributed by atoms with Crippen LogP contribution in [0.4, 0.5) is 0 Å². The number of nitrogens with zero attached hydrogens (tertiary/aromatic N) is 3. The molecule has 4 heteroatoms. The standard InChI is InChI=1S/C48H31N3S/c1-3-13-32(14-4-1)36-17-11-19-38(29-36)42-31-41(49-47(50-42)39-20-12-18-37(30-39)33-15-5-2-6-16-33)34-25-27-35(28-26-34)46-40-21-7-8-22-43(40)51-44-23-9-10-24-45(44)52-48(46)51/h1-31H. The van der Waals surface area contributed by atoms with Gasteiger partial charge >= 0.3 is 0 Å². The lowest BCUT2D eigenvalue weighted by Gasteiger charge is -2.12. The van der Waals surface area contributed by atoms with Gasteiger partial charge in [0.25, 0.3) is 0 Å². The minimum atomic E-state index is 0.699. The summed E-state index contributed by atoms with van der Waals surface area (Å²) < 4.78 is 3.70. The molecule has 0 radical (unpaired) electrons. The van der Waals surface area contributed by atoms with Gasteiger partial charge in [0.05, 0.1) is 27.1 Å². The van der Waals surface area contributed by atoms with Crippen molar-refractivity contribution in [1.82, 2.24) is 14.4 Å². The van der Waals surface area contributed by atoms with E-state index in [0.717, 1.165) is 44.8 Å². The Morgan fingerprint density at radius 3 is 1.60 bits per heavy atom. The van der Waals surface area contributed by atoms with Crippen LogP contribution in [0.5, 0.6) is 0 Å². The second-order valence-corrected chi connectivity index (χ2v) is 14.1. The molecule has 0 N–H and O–H groups in total. The molecule has 3 heterocycles. The van der Waals surface area contributed by atoms with E-state index in [1.54, 1.807) is 0 Å². The zero-order chi connectivity index (χ0) is 34.4. The summed E-state index contributed by atoms with van der Waals surface area (Å²) in [6.45, 7) is 0. The maximum absolute atomic E-state index is 5.22. The predicted molar refractivity (Wildman–Crippen MR) is 218 cm³/mol. The monoisotopic (exact) mass is 681 g/mol. The van der Waals surface area contributed by atoms with Gasteiger partial charge in [-0.15, -0.1) is 11.3 Å². The lowest BCUT2D eigenvalue weighted by atomic mass is 9.99. The molecular formula is C48H31N3S. The molecule has 0 unspecified atom stereocenters. The summed E-state index contributed by atoms with van der Waals surface area (Å²) in [7, 11) is 0. The van der Waals surface area contributed by atoms with Crippen LogP contribution in [0.25, 0.3) is 93.2 Å². The Kier molecular flexibility index (Phi) is 7.33. The van der Waals surface area contributed by atoms with E-state index in [-0.39, 0.29) is 0 Å². The van der Waals surface area contributed by atoms with E-state index >= 15 is 0 Å². The van der Waals surface area contributed by atoms with Crippen molar-refractivity contribution in [2.24, 2.45) is 0 Å². The lowest BCUT2D eigenvalue weighted by molar-refractivity contribution is 1.18. The first-order chi connectivity index (χ1) is 25.8. The Morgan fingerprint density at radius 1 is 0.365 bits per heavy atom. The zero-order valence-electron chi connectivity index (χ0n) is 28.1. The van der Waals surface area contributed by atoms with E-state index in [9.17, 15) is 0 Å². The van der Waals surface area contributed by atoms with Crippen LogP contribution in [0, 0.1) is 0 Å². The maximum Gasteiger partial charge on any atom is 0.160 e. The summed E-state index contributed by atoms with van der Waals surface area (Å²) in [4.78, 5) is 11.7. The van der Waals surface area contributed by atoms with Gasteiger partial charge in [-0.25, -0.2) is 9.97 Å². The normalized spacial score (nSPS) is 11.5. The third-order valence-electron chi connectivity index (χ3n) is 9.83. The molecule has 0 aliphatic rings. The van der Waals surface area contributed by atoms with Crippen molar-refractivity contribution in [3.8, 4) is 67.3 Å². The summed E-state index contributed by atoms with van der Waals surface area (Å²) in [5.41, 5.74) is 14.4. The van der Waals surface area contributed by atoms with Crippen molar-refractivity contribution in [1.29, 1.82) is 0 Å². The van der Waals surface area contributed by atoms with Gasteiger partial charge in [0.2, 0.25) is 0 Å². The van der Waals surface area contributed by atoms with E-state index in [0.29, 0.717) is 5.82 Å². The largest absolute Gasteiger partial charge is 0.299 e. The third-order valence-corrected chi connectivity index (χ3v) is 11.0. The van der Waals surface area contributed by atoms with Gasteiger partial charge in [0.15, 0.2) is 5.82 Å². The number of hydrogen-bond acceptors (Lipinski definition) is 3. The van der Waals surface area contributed by atoms with Crippen LogP contribution in [0.2, 0.25) is 0 Å². The molecule has 0 saturated heterocycles. The molecule has 0 bridgehead atoms. The van der Waals surface area contributed by atoms with Crippen molar-refractivity contribution in [3.63, 3.8) is 0 Å². The number of aromatic nitrogens is 3. The van der Waals surface area contributed by atoms with Gasteiger partial charge in [-0.1, -0.05) is 152 Å². The van der Waals surface area contributed by atoms with Gasteiger partial charge in [0, 0.05) is 27.6 Å². The summed E-state index contributed by atoms with van der Waals surface area (Å²) in [6.07, 6.45) is 0. The van der Waals surface area contributed by atoms with Crippen molar-refractivity contribution in [3.05, 3.63) is 188 Å². The first-order valence-electron chi connectivity index (χ1n) is 17.5. The van der Waals surface area contributed by atoms with Crippen LogP contribution >= 0.6 is 11.3 Å². The van der Waals surface area contributed by atoms with Crippen LogP contribution < -0.4 is 0 Å². The highest BCUT2D eigenvalue weighted by atomic mass is 32.1. The first kappa shape index (κ1) is 30.2. The van der Waals surface area contributed by atoms with Gasteiger partial charge in [-0.05, 0) is 64.2 Å². The van der Waals surface area contributed by atoms with Crippen LogP contribution in [-0.4, -0.2) is 14.4 Å². The Balaban J connectivity index is 1.11. The number of fused-ring (bicyclic) bond motifs is 5. The topological polar surface area (TPSA) is 30.2 Å². The average Bonchev–Trinajstić information content (AvgIpc) is 3.76. The minimum Gasteiger partial charge on any atom is -0.299 e. The molecule has 0 aliphatic heterocycles. The smallest absolute Gasteiger partial charge is 0.160 e. The van der Waals surface area contributed by atoms with Gasteiger partial charge in [0.1, 0.15) is 4.83 Å². The molecule has 0 atom stereocenters. The van der Waals surface area contributed by atoms with Crippen molar-refractivity contribution in [2.45, 2.75) is 0 Å². The average molecular weight is 682 g/mol. The van der Waals surface area contributed by atoms with Crippen molar-refractivity contribution >= 4 is 37.3 Å². The predicted octanol–water partition coefficient (Wildman–Crippen LogP) is 13.1. The molecule has 0 amide bonds. The summed E-state index contributed by atoms with van der Waals surface area (Å²) >= 11 is 1.85. The molecule has 0 aliphatic carbocycles. The van der Waals surface area contributed by atoms with E-state index in [4.69, 9.17) is 9.97 Å². The molecule has 10 rings (SSSR count). The third kappa shape index (κ3) is 5.29. The van der Waals surface area contributed by atoms with E-state index in [2.05, 4.69) is 186 Å². The highest BCUT2D eigenvalue weighted by molar-refractivity contribution is 7.24. The maximum atomic E-state index is 5.22. The summed E-state index contributed by atoms with van der Waals surface area (Å²) in [5, 5.41) is 1.26. The van der Waals surface area contributed by atoms with Crippen LogP contribution in [0.1, 0.15) is 0 Å². The Morgan fingerprint density at radius 2 is 0.885 bits per heavy atom. The molecule has 10 aromatic rings. The van der Waals surface area contributed by atoms with E-state index in [1.807, 2.05) is 17.4 Å². The van der Waals surface area contributed by atoms with Crippen molar-refractivity contribution < 1.29 is 0 Å². The second-order valence-electron chi connectivity index (χ2n) is 13.0. The second kappa shape index (κ2) is 12.6. The molecule has 52 heavy (non-hydrogen) atoms. The van der Waals surface area contributed by atoms with Crippen molar-refractivity contribution in [2.75, 3.05) is 0 Å². The number of para-hydroxylation sites is 2. The number of hydrogen-bond donors (Lipinski definition) is 0. The fraction of sp³-hybridized carbons (Fsp3) is 0. The molecule has 0 fully saturated rings. The molecular weight excluding hydrogens is 651 g/mol. The highest BCUT2D eigenvalue weighted by Crippen LogP contribution is 2.42. The van der Waals surface area contributed by atoms with Gasteiger partial charge in [-0.3, -0.25) is 4.40 Å². The van der Waals surface area contributed by atoms with Crippen LogP contribution in [0.3, 0.4) is 0 Å². The number of thiazole rings is 1. The van der Waals surface area contributed by atoms with Gasteiger partial charge in [-0.2, -0.15) is 0 Å². The molecule has 244 valence electrons. The lowest BCUT2D eigenvalue weighted by Crippen LogP contribution is -1.96. The summed E-state index contributed by atoms with van der Waals surface area (Å²) in [5.74, 6) is 0.699. The Bertz CT molecular complexity index is 2790. The highest BCUT2D eigenvalue weighted by Gasteiger charge is 2.18. The van der Waals surface area contributed by atoms with Crippen LogP contribution in [0.15, 0.2) is 188 Å². The fourth-order valence-corrected chi connectivity index (χ4v) is 8.54. The van der Waals surface area contributed by atoms with Crippen LogP contribution in [-0.2, 0) is 0 Å². The molecule has 0 spiro atoms. The summed E-state index contributed by atoms with van der Waals surface area (Å²) in [6, 6.07) is 66.6. The molecule has 0 saturated carbocycles. The number of benzene rings is 7. The van der Waals surface area contributed by atoms with E-state index in [1.165, 1.54) is 42.6 Å². The number of rotatable bonds is 6. The molecule has 7 aromatic carbocycles. The quantitative estimate of drug-likeness (QED) is 0.175. The molecule has 3 nitrogen and oxygen atoms in total. The zero-order valence-corrected chi connectivity index (χ0v) is 29.0.